The van der Waals surface area contributed by atoms with Crippen LogP contribution in [0.25, 0.3) is 0 Å². The van der Waals surface area contributed by atoms with Crippen molar-refractivity contribution in [2.24, 2.45) is 0 Å². The molecule has 0 unspecified atom stereocenters. The van der Waals surface area contributed by atoms with E-state index in [1.54, 1.807) is 14.0 Å². The molecule has 0 aromatic heterocycles. The average molecular weight is 352 g/mol. The van der Waals surface area contributed by atoms with Crippen molar-refractivity contribution in [1.29, 1.82) is 0 Å². The van der Waals surface area contributed by atoms with E-state index in [1.807, 2.05) is 55.5 Å². The van der Waals surface area contributed by atoms with Gasteiger partial charge in [0.1, 0.15) is 11.3 Å². The largest absolute Gasteiger partial charge is 0.497 e. The number of aryl methyl sites for hydroxylation is 2. The molecule has 1 saturated heterocycles. The molecule has 1 fully saturated rings. The smallest absolute Gasteiger partial charge is 0.325 e. The number of nitrogens with zero attached hydrogens (tertiary/aromatic N) is 1. The highest BCUT2D eigenvalue weighted by Crippen LogP contribution is 2.25. The summed E-state index contributed by atoms with van der Waals surface area (Å²) in [7, 11) is 1.63. The van der Waals surface area contributed by atoms with Crippen LogP contribution in [-0.4, -0.2) is 29.5 Å². The Morgan fingerprint density at radius 2 is 1.62 bits per heavy atom. The maximum Gasteiger partial charge on any atom is 0.325 e. The van der Waals surface area contributed by atoms with Crippen molar-refractivity contribution in [2.75, 3.05) is 7.11 Å². The standard InChI is InChI=1S/C21H24N2O3/c1-15-4-6-17(7-5-15)14-23-19(24)21(2,22-20(23)25)13-12-16-8-10-18(26-3)11-9-16/h4-11H,12-14H2,1-3H3,(H,22,25)/t21-/m0/s1. The number of urea groups is 1. The first-order chi connectivity index (χ1) is 12.4. The van der Waals surface area contributed by atoms with Gasteiger partial charge in [-0.1, -0.05) is 42.0 Å². The van der Waals surface area contributed by atoms with Crippen LogP contribution in [0.5, 0.6) is 5.75 Å². The molecule has 2 aromatic rings. The summed E-state index contributed by atoms with van der Waals surface area (Å²) < 4.78 is 5.16. The van der Waals surface area contributed by atoms with Crippen molar-refractivity contribution < 1.29 is 14.3 Å². The summed E-state index contributed by atoms with van der Waals surface area (Å²) in [6.45, 7) is 4.10. The molecule has 1 aliphatic heterocycles. The lowest BCUT2D eigenvalue weighted by molar-refractivity contribution is -0.131. The van der Waals surface area contributed by atoms with E-state index in [0.29, 0.717) is 19.4 Å². The number of benzene rings is 2. The zero-order valence-electron chi connectivity index (χ0n) is 15.4. The summed E-state index contributed by atoms with van der Waals surface area (Å²) in [5.41, 5.74) is 2.32. The number of rotatable bonds is 6. The predicted molar refractivity (Wildman–Crippen MR) is 100.0 cm³/mol. The molecule has 0 radical (unpaired) electrons. The number of methoxy groups -OCH3 is 1. The number of imide groups is 1. The molecular weight excluding hydrogens is 328 g/mol. The first-order valence-electron chi connectivity index (χ1n) is 8.74. The van der Waals surface area contributed by atoms with Gasteiger partial charge < -0.3 is 10.1 Å². The van der Waals surface area contributed by atoms with E-state index in [4.69, 9.17) is 4.74 Å². The molecule has 0 spiro atoms. The van der Waals surface area contributed by atoms with E-state index in [9.17, 15) is 9.59 Å². The molecule has 1 atom stereocenters. The predicted octanol–water partition coefficient (Wildman–Crippen LogP) is 3.45. The van der Waals surface area contributed by atoms with Gasteiger partial charge in [-0.2, -0.15) is 0 Å². The van der Waals surface area contributed by atoms with Crippen molar-refractivity contribution in [3.05, 3.63) is 65.2 Å². The van der Waals surface area contributed by atoms with Gasteiger partial charge in [0.05, 0.1) is 13.7 Å². The van der Waals surface area contributed by atoms with Crippen molar-refractivity contribution in [3.8, 4) is 5.75 Å². The van der Waals surface area contributed by atoms with Gasteiger partial charge >= 0.3 is 6.03 Å². The van der Waals surface area contributed by atoms with Gasteiger partial charge in [0.25, 0.3) is 5.91 Å². The minimum absolute atomic E-state index is 0.170. The number of carbonyl (C=O) groups is 2. The van der Waals surface area contributed by atoms with Gasteiger partial charge in [-0.25, -0.2) is 4.79 Å². The summed E-state index contributed by atoms with van der Waals surface area (Å²) >= 11 is 0. The number of carbonyl (C=O) groups excluding carboxylic acids is 2. The van der Waals surface area contributed by atoms with E-state index >= 15 is 0 Å². The molecule has 1 aliphatic rings. The monoisotopic (exact) mass is 352 g/mol. The average Bonchev–Trinajstić information content (AvgIpc) is 2.86. The van der Waals surface area contributed by atoms with Crippen LogP contribution < -0.4 is 10.1 Å². The molecule has 0 aliphatic carbocycles. The zero-order chi connectivity index (χ0) is 18.7. The Balaban J connectivity index is 1.66. The Morgan fingerprint density at radius 3 is 2.23 bits per heavy atom. The Hall–Kier alpha value is -2.82. The first-order valence-corrected chi connectivity index (χ1v) is 8.74. The first kappa shape index (κ1) is 18.0. The van der Waals surface area contributed by atoms with Crippen LogP contribution in [0.2, 0.25) is 0 Å². The number of nitrogens with one attached hydrogen (secondary N) is 1. The maximum atomic E-state index is 12.9. The molecule has 1 N–H and O–H groups in total. The zero-order valence-corrected chi connectivity index (χ0v) is 15.4. The summed E-state index contributed by atoms with van der Waals surface area (Å²) in [5, 5.41) is 2.87. The lowest BCUT2D eigenvalue weighted by Crippen LogP contribution is -2.44. The Labute approximate surface area is 154 Å². The Bertz CT molecular complexity index is 799. The summed E-state index contributed by atoms with van der Waals surface area (Å²) in [5.74, 6) is 0.631. The van der Waals surface area contributed by atoms with E-state index < -0.39 is 5.54 Å². The normalized spacial score (nSPS) is 19.6. The molecule has 3 rings (SSSR count). The second-order valence-electron chi connectivity index (χ2n) is 6.99. The SMILES string of the molecule is COc1ccc(CC[C@]2(C)NC(=O)N(Cc3ccc(C)cc3)C2=O)cc1. The molecule has 136 valence electrons. The minimum Gasteiger partial charge on any atom is -0.497 e. The number of hydrogen-bond acceptors (Lipinski definition) is 3. The second kappa shape index (κ2) is 7.20. The molecule has 3 amide bonds. The van der Waals surface area contributed by atoms with Gasteiger partial charge in [-0.3, -0.25) is 9.69 Å². The van der Waals surface area contributed by atoms with Crippen LogP contribution in [0, 0.1) is 6.92 Å². The molecular formula is C21H24N2O3. The van der Waals surface area contributed by atoms with Crippen LogP contribution in [0.4, 0.5) is 4.79 Å². The maximum absolute atomic E-state index is 12.9. The third kappa shape index (κ3) is 3.72. The quantitative estimate of drug-likeness (QED) is 0.810. The van der Waals surface area contributed by atoms with Crippen LogP contribution in [0.1, 0.15) is 30.0 Å². The van der Waals surface area contributed by atoms with Gasteiger partial charge in [0.2, 0.25) is 0 Å². The van der Waals surface area contributed by atoms with Gasteiger partial charge in [0.15, 0.2) is 0 Å². The fourth-order valence-corrected chi connectivity index (χ4v) is 3.12. The topological polar surface area (TPSA) is 58.6 Å². The van der Waals surface area contributed by atoms with Crippen molar-refractivity contribution in [1.82, 2.24) is 10.2 Å². The number of hydrogen-bond donors (Lipinski definition) is 1. The second-order valence-corrected chi connectivity index (χ2v) is 6.99. The summed E-state index contributed by atoms with van der Waals surface area (Å²) in [6, 6.07) is 15.3. The van der Waals surface area contributed by atoms with Crippen molar-refractivity contribution in [2.45, 2.75) is 38.8 Å². The van der Waals surface area contributed by atoms with Crippen LogP contribution in [0.15, 0.2) is 48.5 Å². The molecule has 2 aromatic carbocycles. The molecule has 0 bridgehead atoms. The minimum atomic E-state index is -0.873. The lowest BCUT2D eigenvalue weighted by Gasteiger charge is -2.21. The molecule has 5 heteroatoms. The highest BCUT2D eigenvalue weighted by molar-refractivity contribution is 6.06. The van der Waals surface area contributed by atoms with Crippen LogP contribution in [-0.2, 0) is 17.8 Å². The van der Waals surface area contributed by atoms with Crippen LogP contribution in [0.3, 0.4) is 0 Å². The molecule has 26 heavy (non-hydrogen) atoms. The number of amides is 3. The third-order valence-electron chi connectivity index (χ3n) is 4.88. The van der Waals surface area contributed by atoms with Crippen molar-refractivity contribution in [3.63, 3.8) is 0 Å². The summed E-state index contributed by atoms with van der Waals surface area (Å²) in [6.07, 6.45) is 1.25. The van der Waals surface area contributed by atoms with Crippen LogP contribution >= 0.6 is 0 Å². The number of ether oxygens (including phenoxy) is 1. The fourth-order valence-electron chi connectivity index (χ4n) is 3.12. The van der Waals surface area contributed by atoms with E-state index in [0.717, 1.165) is 22.4 Å². The Morgan fingerprint density at radius 1 is 1.00 bits per heavy atom. The fraction of sp³-hybridized carbons (Fsp3) is 0.333. The van der Waals surface area contributed by atoms with Gasteiger partial charge in [0, 0.05) is 0 Å². The summed E-state index contributed by atoms with van der Waals surface area (Å²) in [4.78, 5) is 26.5. The van der Waals surface area contributed by atoms with Gasteiger partial charge in [-0.15, -0.1) is 0 Å². The highest BCUT2D eigenvalue weighted by Gasteiger charge is 2.47. The van der Waals surface area contributed by atoms with Gasteiger partial charge in [-0.05, 0) is 49.9 Å². The highest BCUT2D eigenvalue weighted by atomic mass is 16.5. The third-order valence-corrected chi connectivity index (χ3v) is 4.88. The van der Waals surface area contributed by atoms with E-state index in [1.165, 1.54) is 4.90 Å². The molecule has 0 saturated carbocycles. The van der Waals surface area contributed by atoms with E-state index in [-0.39, 0.29) is 11.9 Å². The molecule has 1 heterocycles. The Kier molecular flexibility index (Phi) is 4.98. The lowest BCUT2D eigenvalue weighted by atomic mass is 9.93. The van der Waals surface area contributed by atoms with Crippen molar-refractivity contribution >= 4 is 11.9 Å². The van der Waals surface area contributed by atoms with E-state index in [2.05, 4.69) is 5.32 Å². The molecule has 5 nitrogen and oxygen atoms in total.